The number of aryl methyl sites for hydroxylation is 1. The number of fused-ring (bicyclic) bond motifs is 2. The van der Waals surface area contributed by atoms with Gasteiger partial charge in [-0.3, -0.25) is 9.79 Å². The summed E-state index contributed by atoms with van der Waals surface area (Å²) < 4.78 is 1.49. The van der Waals surface area contributed by atoms with E-state index in [0.29, 0.717) is 22.8 Å². The summed E-state index contributed by atoms with van der Waals surface area (Å²) in [6.45, 7) is 0. The van der Waals surface area contributed by atoms with Crippen LogP contribution in [0, 0.1) is 0 Å². The van der Waals surface area contributed by atoms with Crippen LogP contribution in [0.25, 0.3) is 22.2 Å². The maximum atomic E-state index is 12.6. The molecule has 0 saturated heterocycles. The van der Waals surface area contributed by atoms with Crippen molar-refractivity contribution in [3.63, 3.8) is 0 Å². The Labute approximate surface area is 144 Å². The summed E-state index contributed by atoms with van der Waals surface area (Å²) in [5.41, 5.74) is 4.67. The molecule has 1 fully saturated rings. The summed E-state index contributed by atoms with van der Waals surface area (Å²) >= 11 is 0. The van der Waals surface area contributed by atoms with E-state index in [1.807, 2.05) is 24.4 Å². The molecule has 1 aliphatic carbocycles. The zero-order valence-electron chi connectivity index (χ0n) is 13.9. The normalized spacial score (nSPS) is 15.6. The van der Waals surface area contributed by atoms with E-state index in [1.165, 1.54) is 10.1 Å². The minimum atomic E-state index is -0.0745. The van der Waals surface area contributed by atoms with Crippen molar-refractivity contribution in [2.45, 2.75) is 25.3 Å². The predicted octanol–water partition coefficient (Wildman–Crippen LogP) is 2.83. The molecule has 6 heteroatoms. The number of hydrogen-bond donors (Lipinski definition) is 1. The van der Waals surface area contributed by atoms with Crippen LogP contribution in [0.3, 0.4) is 0 Å². The first-order valence-electron chi connectivity index (χ1n) is 8.48. The minimum Gasteiger partial charge on any atom is -0.367 e. The number of nitrogens with one attached hydrogen (secondary N) is 1. The van der Waals surface area contributed by atoms with E-state index in [1.54, 1.807) is 13.4 Å². The molecule has 0 spiro atoms. The molecule has 1 N–H and O–H groups in total. The molecule has 2 aliphatic rings. The standard InChI is InChI=1S/C19H17N5O/c1-24-10-21-16-9-15(11-2-5-14-12(8-11)6-7-20-14)23-18(17(16)19(24)25)22-13-3-4-13/h2,5,7-10,13H,3-4,6H2,1H3,(H,22,23). The van der Waals surface area contributed by atoms with E-state index < -0.39 is 0 Å². The Morgan fingerprint density at radius 3 is 2.96 bits per heavy atom. The van der Waals surface area contributed by atoms with Crippen molar-refractivity contribution < 1.29 is 0 Å². The Kier molecular flexibility index (Phi) is 3.00. The van der Waals surface area contributed by atoms with Gasteiger partial charge in [-0.1, -0.05) is 6.07 Å². The van der Waals surface area contributed by atoms with Crippen molar-refractivity contribution in [2.24, 2.45) is 12.0 Å². The first kappa shape index (κ1) is 14.3. The smallest absolute Gasteiger partial charge is 0.264 e. The van der Waals surface area contributed by atoms with Gasteiger partial charge in [0.15, 0.2) is 0 Å². The van der Waals surface area contributed by atoms with Gasteiger partial charge in [-0.25, -0.2) is 9.97 Å². The number of aliphatic imine (C=N–C) groups is 1. The maximum absolute atomic E-state index is 12.6. The number of rotatable bonds is 3. The lowest BCUT2D eigenvalue weighted by atomic mass is 10.0. The average molecular weight is 331 g/mol. The molecule has 124 valence electrons. The lowest BCUT2D eigenvalue weighted by molar-refractivity contribution is 0.842. The minimum absolute atomic E-state index is 0.0745. The molecule has 0 unspecified atom stereocenters. The first-order chi connectivity index (χ1) is 12.2. The molecule has 25 heavy (non-hydrogen) atoms. The molecule has 5 rings (SSSR count). The van der Waals surface area contributed by atoms with Crippen molar-refractivity contribution in [1.29, 1.82) is 0 Å². The van der Waals surface area contributed by atoms with Gasteiger partial charge in [0.05, 0.1) is 23.2 Å². The summed E-state index contributed by atoms with van der Waals surface area (Å²) in [6, 6.07) is 8.47. The van der Waals surface area contributed by atoms with Gasteiger partial charge >= 0.3 is 0 Å². The highest BCUT2D eigenvalue weighted by Gasteiger charge is 2.24. The van der Waals surface area contributed by atoms with Gasteiger partial charge in [-0.2, -0.15) is 0 Å². The highest BCUT2D eigenvalue weighted by molar-refractivity contribution is 5.92. The van der Waals surface area contributed by atoms with Crippen LogP contribution in [0.1, 0.15) is 18.4 Å². The Bertz CT molecular complexity index is 1090. The van der Waals surface area contributed by atoms with E-state index >= 15 is 0 Å². The van der Waals surface area contributed by atoms with E-state index in [9.17, 15) is 4.79 Å². The number of benzene rings is 1. The lowest BCUT2D eigenvalue weighted by Gasteiger charge is -2.11. The Morgan fingerprint density at radius 2 is 2.12 bits per heavy atom. The Morgan fingerprint density at radius 1 is 1.24 bits per heavy atom. The Hall–Kier alpha value is -3.02. The quantitative estimate of drug-likeness (QED) is 0.801. The molecule has 3 heterocycles. The van der Waals surface area contributed by atoms with Gasteiger partial charge in [0.25, 0.3) is 5.56 Å². The summed E-state index contributed by atoms with van der Waals surface area (Å²) in [5, 5.41) is 3.96. The van der Waals surface area contributed by atoms with E-state index in [4.69, 9.17) is 4.98 Å². The van der Waals surface area contributed by atoms with Gasteiger partial charge < -0.3 is 9.88 Å². The van der Waals surface area contributed by atoms with Crippen LogP contribution in [-0.2, 0) is 13.5 Å². The molecular weight excluding hydrogens is 314 g/mol. The zero-order chi connectivity index (χ0) is 17.0. The topological polar surface area (TPSA) is 72.2 Å². The zero-order valence-corrected chi connectivity index (χ0v) is 13.9. The first-order valence-corrected chi connectivity index (χ1v) is 8.48. The van der Waals surface area contributed by atoms with Crippen LogP contribution in [0.15, 0.2) is 40.4 Å². The van der Waals surface area contributed by atoms with Gasteiger partial charge in [0, 0.05) is 31.3 Å². The second-order valence-corrected chi connectivity index (χ2v) is 6.69. The van der Waals surface area contributed by atoms with Crippen LogP contribution < -0.4 is 10.9 Å². The molecule has 0 atom stereocenters. The largest absolute Gasteiger partial charge is 0.367 e. The van der Waals surface area contributed by atoms with Gasteiger partial charge in [-0.05, 0) is 36.6 Å². The van der Waals surface area contributed by atoms with Gasteiger partial charge in [0.1, 0.15) is 11.2 Å². The molecule has 2 aromatic heterocycles. The van der Waals surface area contributed by atoms with Crippen LogP contribution >= 0.6 is 0 Å². The van der Waals surface area contributed by atoms with Crippen molar-refractivity contribution in [3.05, 3.63) is 46.5 Å². The van der Waals surface area contributed by atoms with Gasteiger partial charge in [0.2, 0.25) is 0 Å². The second kappa shape index (κ2) is 5.24. The van der Waals surface area contributed by atoms with Crippen LogP contribution in [-0.4, -0.2) is 26.8 Å². The predicted molar refractivity (Wildman–Crippen MR) is 98.7 cm³/mol. The Balaban J connectivity index is 1.71. The summed E-state index contributed by atoms with van der Waals surface area (Å²) in [4.78, 5) is 26.2. The van der Waals surface area contributed by atoms with Crippen LogP contribution in [0.2, 0.25) is 0 Å². The summed E-state index contributed by atoms with van der Waals surface area (Å²) in [6.07, 6.45) is 6.57. The highest BCUT2D eigenvalue weighted by atomic mass is 16.1. The molecule has 1 aromatic carbocycles. The van der Waals surface area contributed by atoms with E-state index in [-0.39, 0.29) is 5.56 Å². The van der Waals surface area contributed by atoms with Gasteiger partial charge in [-0.15, -0.1) is 0 Å². The van der Waals surface area contributed by atoms with Crippen LogP contribution in [0.5, 0.6) is 0 Å². The third kappa shape index (κ3) is 2.41. The second-order valence-electron chi connectivity index (χ2n) is 6.69. The molecule has 1 saturated carbocycles. The molecular formula is C19H17N5O. The number of anilines is 1. The van der Waals surface area contributed by atoms with E-state index in [0.717, 1.165) is 36.2 Å². The molecule has 0 bridgehead atoms. The molecule has 0 amide bonds. The van der Waals surface area contributed by atoms with Crippen molar-refractivity contribution >= 4 is 28.6 Å². The monoisotopic (exact) mass is 331 g/mol. The van der Waals surface area contributed by atoms with Crippen LogP contribution in [0.4, 0.5) is 11.5 Å². The van der Waals surface area contributed by atoms with E-state index in [2.05, 4.69) is 21.4 Å². The lowest BCUT2D eigenvalue weighted by Crippen LogP contribution is -2.19. The number of hydrogen-bond acceptors (Lipinski definition) is 5. The number of nitrogens with zero attached hydrogens (tertiary/aromatic N) is 4. The number of aromatic nitrogens is 3. The average Bonchev–Trinajstić information content (AvgIpc) is 3.31. The fourth-order valence-corrected chi connectivity index (χ4v) is 3.17. The molecule has 1 aliphatic heterocycles. The van der Waals surface area contributed by atoms with Crippen molar-refractivity contribution in [3.8, 4) is 11.3 Å². The summed E-state index contributed by atoms with van der Waals surface area (Å²) in [5.74, 6) is 0.639. The van der Waals surface area contributed by atoms with Crippen molar-refractivity contribution in [1.82, 2.24) is 14.5 Å². The number of pyridine rings is 1. The van der Waals surface area contributed by atoms with Crippen molar-refractivity contribution in [2.75, 3.05) is 5.32 Å². The maximum Gasteiger partial charge on any atom is 0.264 e. The fraction of sp³-hybridized carbons (Fsp3) is 0.263. The third-order valence-corrected chi connectivity index (χ3v) is 4.74. The molecule has 3 aromatic rings. The fourth-order valence-electron chi connectivity index (χ4n) is 3.17. The summed E-state index contributed by atoms with van der Waals surface area (Å²) in [7, 11) is 1.71. The molecule has 6 nitrogen and oxygen atoms in total. The third-order valence-electron chi connectivity index (χ3n) is 4.74. The molecule has 0 radical (unpaired) electrons. The highest BCUT2D eigenvalue weighted by Crippen LogP contribution is 2.32. The SMILES string of the molecule is Cn1cnc2cc(-c3ccc4c(c3)CC=N4)nc(NC3CC3)c2c1=O.